The molecule has 24 heavy (non-hydrogen) atoms. The van der Waals surface area contributed by atoms with E-state index in [-0.39, 0.29) is 37.4 Å². The summed E-state index contributed by atoms with van der Waals surface area (Å²) in [5, 5.41) is 22.2. The van der Waals surface area contributed by atoms with Crippen LogP contribution >= 0.6 is 0 Å². The van der Waals surface area contributed by atoms with Gasteiger partial charge in [-0.05, 0) is 12.8 Å². The average Bonchev–Trinajstić information content (AvgIpc) is 2.46. The third-order valence-electron chi connectivity index (χ3n) is 3.21. The van der Waals surface area contributed by atoms with Gasteiger partial charge in [-0.25, -0.2) is 14.4 Å². The zero-order chi connectivity index (χ0) is 18.9. The Hall–Kier alpha value is -2.65. The number of carbonyl (C=O) groups is 5. The first kappa shape index (κ1) is 21.4. The summed E-state index contributed by atoms with van der Waals surface area (Å²) in [7, 11) is 0. The Bertz CT molecular complexity index is 505. The summed E-state index contributed by atoms with van der Waals surface area (Å²) in [5.41, 5.74) is 4.91. The molecule has 0 aliphatic heterocycles. The topological polar surface area (TPSA) is 176 Å². The van der Waals surface area contributed by atoms with E-state index in [9.17, 15) is 24.0 Å². The SMILES string of the molecule is CC(C)C(=O)CCC(NC(=O)NC(CCC(N)=O)C(=O)O)C(=O)O. The summed E-state index contributed by atoms with van der Waals surface area (Å²) in [5.74, 6) is -3.84. The molecule has 3 amide bonds. The molecule has 0 aromatic heterocycles. The van der Waals surface area contributed by atoms with Gasteiger partial charge in [-0.3, -0.25) is 9.59 Å². The number of primary amides is 1. The van der Waals surface area contributed by atoms with Gasteiger partial charge in [0.2, 0.25) is 5.91 Å². The predicted octanol–water partition coefficient (Wildman–Crippen LogP) is -0.537. The maximum atomic E-state index is 11.7. The highest BCUT2D eigenvalue weighted by atomic mass is 16.4. The number of nitrogens with one attached hydrogen (secondary N) is 2. The number of hydrogen-bond donors (Lipinski definition) is 5. The van der Waals surface area contributed by atoms with Gasteiger partial charge in [0.25, 0.3) is 0 Å². The molecule has 0 aliphatic carbocycles. The zero-order valence-corrected chi connectivity index (χ0v) is 13.6. The van der Waals surface area contributed by atoms with Crippen LogP contribution in [0.2, 0.25) is 0 Å². The third kappa shape index (κ3) is 8.71. The Morgan fingerprint density at radius 2 is 1.29 bits per heavy atom. The lowest BCUT2D eigenvalue weighted by Gasteiger charge is -2.18. The second-order valence-electron chi connectivity index (χ2n) is 5.56. The number of amides is 3. The number of nitrogens with two attached hydrogens (primary N) is 1. The average molecular weight is 345 g/mol. The number of carboxylic acid groups (broad SMARTS) is 2. The first-order chi connectivity index (χ1) is 11.0. The number of ketones is 1. The summed E-state index contributed by atoms with van der Waals surface area (Å²) in [4.78, 5) is 56.1. The van der Waals surface area contributed by atoms with Crippen LogP contribution in [0.5, 0.6) is 0 Å². The number of carbonyl (C=O) groups excluding carboxylic acids is 3. The molecule has 0 saturated carbocycles. The second-order valence-corrected chi connectivity index (χ2v) is 5.56. The van der Waals surface area contributed by atoms with Crippen LogP contribution in [0.3, 0.4) is 0 Å². The molecular formula is C14H23N3O7. The van der Waals surface area contributed by atoms with E-state index in [2.05, 4.69) is 10.6 Å². The molecule has 2 atom stereocenters. The summed E-state index contributed by atoms with van der Waals surface area (Å²) < 4.78 is 0. The van der Waals surface area contributed by atoms with Crippen molar-refractivity contribution in [2.24, 2.45) is 11.7 Å². The fraction of sp³-hybridized carbons (Fsp3) is 0.643. The van der Waals surface area contributed by atoms with Gasteiger partial charge >= 0.3 is 18.0 Å². The van der Waals surface area contributed by atoms with Gasteiger partial charge in [0, 0.05) is 18.8 Å². The first-order valence-corrected chi connectivity index (χ1v) is 7.38. The minimum atomic E-state index is -1.38. The highest BCUT2D eigenvalue weighted by Gasteiger charge is 2.25. The van der Waals surface area contributed by atoms with Crippen LogP contribution in [0.4, 0.5) is 4.79 Å². The monoisotopic (exact) mass is 345 g/mol. The molecule has 0 aliphatic rings. The normalized spacial score (nSPS) is 13.0. The van der Waals surface area contributed by atoms with E-state index in [1.165, 1.54) is 0 Å². The van der Waals surface area contributed by atoms with Gasteiger partial charge in [-0.1, -0.05) is 13.8 Å². The van der Waals surface area contributed by atoms with Gasteiger partial charge in [0.15, 0.2) is 0 Å². The number of urea groups is 1. The predicted molar refractivity (Wildman–Crippen MR) is 82.0 cm³/mol. The Labute approximate surface area is 138 Å². The van der Waals surface area contributed by atoms with Crippen LogP contribution in [0.1, 0.15) is 39.5 Å². The van der Waals surface area contributed by atoms with Crippen LogP contribution < -0.4 is 16.4 Å². The smallest absolute Gasteiger partial charge is 0.326 e. The minimum Gasteiger partial charge on any atom is -0.480 e. The molecule has 136 valence electrons. The van der Waals surface area contributed by atoms with Crippen molar-refractivity contribution in [1.82, 2.24) is 10.6 Å². The zero-order valence-electron chi connectivity index (χ0n) is 13.6. The van der Waals surface area contributed by atoms with E-state index >= 15 is 0 Å². The van der Waals surface area contributed by atoms with Crippen LogP contribution in [0, 0.1) is 5.92 Å². The Balaban J connectivity index is 4.64. The molecule has 2 unspecified atom stereocenters. The number of aliphatic carboxylic acids is 2. The second kappa shape index (κ2) is 10.2. The molecule has 0 aromatic rings. The van der Waals surface area contributed by atoms with Crippen LogP contribution in [0.25, 0.3) is 0 Å². The number of carboxylic acids is 2. The van der Waals surface area contributed by atoms with E-state index in [0.717, 1.165) is 0 Å². The third-order valence-corrected chi connectivity index (χ3v) is 3.21. The summed E-state index contributed by atoms with van der Waals surface area (Å²) >= 11 is 0. The van der Waals surface area contributed by atoms with E-state index in [4.69, 9.17) is 15.9 Å². The lowest BCUT2D eigenvalue weighted by Crippen LogP contribution is -2.51. The molecule has 0 spiro atoms. The van der Waals surface area contributed by atoms with Gasteiger partial charge in [0.1, 0.15) is 17.9 Å². The molecule has 0 saturated heterocycles. The Morgan fingerprint density at radius 1 is 0.875 bits per heavy atom. The molecule has 0 aromatic carbocycles. The van der Waals surface area contributed by atoms with E-state index < -0.39 is 36.0 Å². The Morgan fingerprint density at radius 3 is 1.62 bits per heavy atom. The van der Waals surface area contributed by atoms with Crippen LogP contribution in [-0.4, -0.2) is 52.0 Å². The first-order valence-electron chi connectivity index (χ1n) is 7.38. The van der Waals surface area contributed by atoms with Crippen molar-refractivity contribution >= 4 is 29.7 Å². The molecule has 0 fully saturated rings. The fourth-order valence-corrected chi connectivity index (χ4v) is 1.73. The number of Topliss-reactive ketones (excluding diaryl/α,β-unsaturated/α-hetero) is 1. The van der Waals surface area contributed by atoms with Crippen molar-refractivity contribution in [3.05, 3.63) is 0 Å². The molecule has 6 N–H and O–H groups in total. The van der Waals surface area contributed by atoms with Gasteiger partial charge in [-0.15, -0.1) is 0 Å². The molecule has 0 bridgehead atoms. The van der Waals surface area contributed by atoms with E-state index in [1.54, 1.807) is 13.8 Å². The van der Waals surface area contributed by atoms with Crippen molar-refractivity contribution < 1.29 is 34.2 Å². The standard InChI is InChI=1S/C14H23N3O7/c1-7(2)10(18)5-3-8(12(20)21)16-14(24)17-9(13(22)23)4-6-11(15)19/h7-9H,3-6H2,1-2H3,(H2,15,19)(H,20,21)(H,22,23)(H2,16,17,24). The maximum Gasteiger partial charge on any atom is 0.326 e. The number of hydrogen-bond acceptors (Lipinski definition) is 5. The lowest BCUT2D eigenvalue weighted by atomic mass is 10.0. The lowest BCUT2D eigenvalue weighted by molar-refractivity contribution is -0.140. The van der Waals surface area contributed by atoms with Crippen molar-refractivity contribution in [3.63, 3.8) is 0 Å². The minimum absolute atomic E-state index is 0.0288. The highest BCUT2D eigenvalue weighted by Crippen LogP contribution is 2.05. The molecule has 10 nitrogen and oxygen atoms in total. The van der Waals surface area contributed by atoms with Gasteiger partial charge < -0.3 is 26.6 Å². The largest absolute Gasteiger partial charge is 0.480 e. The number of rotatable bonds is 11. The van der Waals surface area contributed by atoms with Crippen molar-refractivity contribution in [2.45, 2.75) is 51.6 Å². The summed E-state index contributed by atoms with van der Waals surface area (Å²) in [6.07, 6.45) is -0.609. The quantitative estimate of drug-likeness (QED) is 0.334. The Kier molecular flexibility index (Phi) is 9.06. The van der Waals surface area contributed by atoms with Crippen molar-refractivity contribution in [3.8, 4) is 0 Å². The molecular weight excluding hydrogens is 322 g/mol. The van der Waals surface area contributed by atoms with Gasteiger partial charge in [-0.2, -0.15) is 0 Å². The molecule has 10 heteroatoms. The fourth-order valence-electron chi connectivity index (χ4n) is 1.73. The van der Waals surface area contributed by atoms with Crippen molar-refractivity contribution in [2.75, 3.05) is 0 Å². The highest BCUT2D eigenvalue weighted by molar-refractivity contribution is 5.87. The summed E-state index contributed by atoms with van der Waals surface area (Å²) in [6, 6.07) is -3.74. The van der Waals surface area contributed by atoms with Crippen LogP contribution in [0.15, 0.2) is 0 Å². The molecule has 0 radical (unpaired) electrons. The van der Waals surface area contributed by atoms with Crippen LogP contribution in [-0.2, 0) is 19.2 Å². The van der Waals surface area contributed by atoms with E-state index in [0.29, 0.717) is 0 Å². The van der Waals surface area contributed by atoms with Gasteiger partial charge in [0.05, 0.1) is 0 Å². The van der Waals surface area contributed by atoms with Crippen molar-refractivity contribution in [1.29, 1.82) is 0 Å². The summed E-state index contributed by atoms with van der Waals surface area (Å²) in [6.45, 7) is 3.35. The van der Waals surface area contributed by atoms with E-state index in [1.807, 2.05) is 0 Å². The molecule has 0 heterocycles. The molecule has 0 rings (SSSR count). The maximum absolute atomic E-state index is 11.7.